The number of benzene rings is 8. The largest absolute Gasteiger partial charge is 0.456 e. The molecule has 210 valence electrons. The van der Waals surface area contributed by atoms with Gasteiger partial charge in [0.15, 0.2) is 0 Å². The first kappa shape index (κ1) is 20.9. The highest BCUT2D eigenvalue weighted by molar-refractivity contribution is 6.23. The van der Waals surface area contributed by atoms with Crippen molar-refractivity contribution in [1.82, 2.24) is 0 Å². The molecule has 0 spiro atoms. The van der Waals surface area contributed by atoms with Crippen LogP contribution >= 0.6 is 0 Å². The molecule has 0 saturated heterocycles. The molecule has 45 heavy (non-hydrogen) atoms. The number of rotatable bonds is 4. The molecule has 1 heteroatoms. The third-order valence-electron chi connectivity index (χ3n) is 8.76. The summed E-state index contributed by atoms with van der Waals surface area (Å²) in [6, 6.07) is 45.8. The Hall–Kier alpha value is -5.92. The lowest BCUT2D eigenvalue weighted by atomic mass is 9.83. The molecular weight excluding hydrogens is 544 g/mol. The van der Waals surface area contributed by atoms with E-state index in [4.69, 9.17) is 11.3 Å². The minimum Gasteiger partial charge on any atom is -0.456 e. The molecule has 1 heterocycles. The van der Waals surface area contributed by atoms with E-state index in [2.05, 4.69) is 66.7 Å². The van der Waals surface area contributed by atoms with E-state index in [9.17, 15) is 0 Å². The standard InChI is InChI=1S/C44H28O/c1-3-13-29(14-4-1)31-23-25-41-39(27-31)40-28-32(24-26-42(40)45-41)43-35-19-9-11-21-37(35)44(38-22-12-10-20-36(38)43)34-18-8-7-17-33(34)30-15-5-2-6-16-30/h1-28H/i2D,5D,6D,15D,16D. The lowest BCUT2D eigenvalue weighted by molar-refractivity contribution is 0.669. The van der Waals surface area contributed by atoms with E-state index in [1.165, 1.54) is 0 Å². The molecule has 8 aromatic carbocycles. The van der Waals surface area contributed by atoms with Crippen molar-refractivity contribution in [3.63, 3.8) is 0 Å². The molecular formula is C44H28O. The van der Waals surface area contributed by atoms with Crippen LogP contribution in [0, 0.1) is 0 Å². The molecule has 0 N–H and O–H groups in total. The number of hydrogen-bond donors (Lipinski definition) is 0. The Labute approximate surface area is 268 Å². The summed E-state index contributed by atoms with van der Waals surface area (Å²) in [4.78, 5) is 0. The summed E-state index contributed by atoms with van der Waals surface area (Å²) in [5.41, 5.74) is 8.63. The number of furan rings is 1. The van der Waals surface area contributed by atoms with E-state index >= 15 is 0 Å². The molecule has 0 fully saturated rings. The normalized spacial score (nSPS) is 13.1. The highest BCUT2D eigenvalue weighted by atomic mass is 16.3. The third kappa shape index (κ3) is 4.17. The highest BCUT2D eigenvalue weighted by Crippen LogP contribution is 2.46. The van der Waals surface area contributed by atoms with Crippen LogP contribution in [0.1, 0.15) is 6.85 Å². The van der Waals surface area contributed by atoms with Gasteiger partial charge in [0.25, 0.3) is 0 Å². The Morgan fingerprint density at radius 2 is 0.867 bits per heavy atom. The van der Waals surface area contributed by atoms with Crippen molar-refractivity contribution in [3.05, 3.63) is 170 Å². The van der Waals surface area contributed by atoms with Gasteiger partial charge in [-0.1, -0.05) is 145 Å². The van der Waals surface area contributed by atoms with Gasteiger partial charge >= 0.3 is 0 Å². The monoisotopic (exact) mass is 577 g/mol. The van der Waals surface area contributed by atoms with Gasteiger partial charge in [-0.3, -0.25) is 0 Å². The van der Waals surface area contributed by atoms with Crippen molar-refractivity contribution < 1.29 is 11.3 Å². The minimum atomic E-state index is -0.403. The van der Waals surface area contributed by atoms with Crippen molar-refractivity contribution in [3.8, 4) is 44.5 Å². The minimum absolute atomic E-state index is 0.191. The van der Waals surface area contributed by atoms with Gasteiger partial charge < -0.3 is 4.42 Å². The fraction of sp³-hybridized carbons (Fsp3) is 0. The van der Waals surface area contributed by atoms with Gasteiger partial charge in [0, 0.05) is 10.8 Å². The molecule has 0 radical (unpaired) electrons. The van der Waals surface area contributed by atoms with Crippen LogP contribution in [0.15, 0.2) is 174 Å². The second kappa shape index (κ2) is 10.4. The van der Waals surface area contributed by atoms with Gasteiger partial charge in [0.05, 0.1) is 6.85 Å². The van der Waals surface area contributed by atoms with E-state index in [1.54, 1.807) is 0 Å². The Morgan fingerprint density at radius 1 is 0.356 bits per heavy atom. The van der Waals surface area contributed by atoms with E-state index in [0.29, 0.717) is 5.56 Å². The summed E-state index contributed by atoms with van der Waals surface area (Å²) in [6.45, 7) is 0. The zero-order valence-corrected chi connectivity index (χ0v) is 24.2. The number of fused-ring (bicyclic) bond motifs is 5. The molecule has 0 unspecified atom stereocenters. The Bertz CT molecular complexity index is 2730. The van der Waals surface area contributed by atoms with Crippen molar-refractivity contribution in [2.24, 2.45) is 0 Å². The van der Waals surface area contributed by atoms with Crippen LogP contribution in [-0.4, -0.2) is 0 Å². The van der Waals surface area contributed by atoms with Crippen molar-refractivity contribution in [1.29, 1.82) is 0 Å². The van der Waals surface area contributed by atoms with Gasteiger partial charge in [-0.15, -0.1) is 0 Å². The smallest absolute Gasteiger partial charge is 0.135 e. The fourth-order valence-corrected chi connectivity index (χ4v) is 6.78. The van der Waals surface area contributed by atoms with Crippen LogP contribution < -0.4 is 0 Å². The van der Waals surface area contributed by atoms with Crippen LogP contribution in [-0.2, 0) is 0 Å². The maximum Gasteiger partial charge on any atom is 0.135 e. The first-order valence-corrected chi connectivity index (χ1v) is 15.0. The van der Waals surface area contributed by atoms with Crippen molar-refractivity contribution in [2.45, 2.75) is 0 Å². The zero-order chi connectivity index (χ0) is 34.1. The summed E-state index contributed by atoms with van der Waals surface area (Å²) < 4.78 is 48.8. The topological polar surface area (TPSA) is 13.1 Å². The average Bonchev–Trinajstić information content (AvgIpc) is 3.53. The maximum absolute atomic E-state index is 8.80. The highest BCUT2D eigenvalue weighted by Gasteiger charge is 2.19. The lowest BCUT2D eigenvalue weighted by Gasteiger charge is -2.19. The van der Waals surface area contributed by atoms with E-state index < -0.39 is 6.04 Å². The van der Waals surface area contributed by atoms with Gasteiger partial charge in [-0.05, 0) is 90.3 Å². The molecule has 0 aliphatic heterocycles. The van der Waals surface area contributed by atoms with Crippen LogP contribution in [0.5, 0.6) is 0 Å². The molecule has 1 nitrogen and oxygen atoms in total. The summed E-state index contributed by atoms with van der Waals surface area (Å²) >= 11 is 0. The lowest BCUT2D eigenvalue weighted by Crippen LogP contribution is -1.92. The molecule has 0 atom stereocenters. The van der Waals surface area contributed by atoms with E-state index in [0.717, 1.165) is 76.9 Å². The second-order valence-electron chi connectivity index (χ2n) is 11.3. The summed E-state index contributed by atoms with van der Waals surface area (Å²) in [5.74, 6) is 0. The molecule has 0 bridgehead atoms. The summed E-state index contributed by atoms with van der Waals surface area (Å²) in [5, 5.41) is 6.21. The molecule has 0 amide bonds. The Morgan fingerprint density at radius 3 is 1.51 bits per heavy atom. The van der Waals surface area contributed by atoms with Crippen LogP contribution in [0.3, 0.4) is 0 Å². The molecule has 9 rings (SSSR count). The average molecular weight is 578 g/mol. The van der Waals surface area contributed by atoms with Crippen molar-refractivity contribution >= 4 is 43.5 Å². The first-order chi connectivity index (χ1) is 24.4. The molecule has 0 saturated carbocycles. The van der Waals surface area contributed by atoms with Gasteiger partial charge in [0.2, 0.25) is 0 Å². The van der Waals surface area contributed by atoms with Gasteiger partial charge in [-0.2, -0.15) is 0 Å². The van der Waals surface area contributed by atoms with E-state index in [1.807, 2.05) is 72.8 Å². The van der Waals surface area contributed by atoms with E-state index in [-0.39, 0.29) is 29.7 Å². The zero-order valence-electron chi connectivity index (χ0n) is 29.2. The van der Waals surface area contributed by atoms with Crippen LogP contribution in [0.2, 0.25) is 0 Å². The second-order valence-corrected chi connectivity index (χ2v) is 11.3. The van der Waals surface area contributed by atoms with Crippen LogP contribution in [0.4, 0.5) is 0 Å². The van der Waals surface area contributed by atoms with Gasteiger partial charge in [0.1, 0.15) is 11.2 Å². The van der Waals surface area contributed by atoms with Gasteiger partial charge in [-0.25, -0.2) is 0 Å². The SMILES string of the molecule is [2H]c1c([2H])c([2H])c(-c2ccccc2-c2c3ccccc3c(-c3ccc4oc5ccc(-c6ccccc6)cc5c4c3)c3ccccc23)c([2H])c1[2H]. The predicted octanol–water partition coefficient (Wildman–Crippen LogP) is 12.6. The third-order valence-corrected chi connectivity index (χ3v) is 8.76. The molecule has 1 aromatic heterocycles. The number of hydrogen-bond acceptors (Lipinski definition) is 1. The Balaban J connectivity index is 1.33. The molecule has 0 aliphatic rings. The summed E-state index contributed by atoms with van der Waals surface area (Å²) in [7, 11) is 0. The quantitative estimate of drug-likeness (QED) is 0.190. The molecule has 0 aliphatic carbocycles. The predicted molar refractivity (Wildman–Crippen MR) is 190 cm³/mol. The first-order valence-electron chi connectivity index (χ1n) is 17.5. The summed E-state index contributed by atoms with van der Waals surface area (Å²) in [6.07, 6.45) is 0. The van der Waals surface area contributed by atoms with Crippen LogP contribution in [0.25, 0.3) is 88.0 Å². The van der Waals surface area contributed by atoms with Crippen molar-refractivity contribution in [2.75, 3.05) is 0 Å². The maximum atomic E-state index is 8.80. The fourth-order valence-electron chi connectivity index (χ4n) is 6.78. The molecule has 9 aromatic rings. The Kier molecular flexibility index (Phi) is 4.81.